The number of ether oxygens (including phenoxy) is 2. The largest absolute Gasteiger partial charge is 0.494 e. The second-order valence-corrected chi connectivity index (χ2v) is 5.69. The zero-order valence-electron chi connectivity index (χ0n) is 13.0. The number of nitrogens with one attached hydrogen (secondary N) is 1. The van der Waals surface area contributed by atoms with Crippen molar-refractivity contribution in [1.82, 2.24) is 5.32 Å². The van der Waals surface area contributed by atoms with E-state index in [0.717, 1.165) is 6.07 Å². The maximum atomic E-state index is 13.7. The topological polar surface area (TPSA) is 84.9 Å². The lowest BCUT2D eigenvalue weighted by molar-refractivity contribution is -0.137. The zero-order valence-corrected chi connectivity index (χ0v) is 13.0. The first-order valence-corrected chi connectivity index (χ1v) is 6.67. The summed E-state index contributed by atoms with van der Waals surface area (Å²) in [6.45, 7) is 5.06. The van der Waals surface area contributed by atoms with Gasteiger partial charge in [0.2, 0.25) is 0 Å². The SMILES string of the molecule is COc1ccc([C@@H](CC(=O)O)NC(=O)OC(C)(C)C)cc1F. The molecule has 0 aromatic heterocycles. The molecular formula is C15H20FNO5. The Bertz CT molecular complexity index is 553. The number of carboxylic acid groups (broad SMARTS) is 1. The van der Waals surface area contributed by atoms with Crippen LogP contribution in [0.3, 0.4) is 0 Å². The van der Waals surface area contributed by atoms with Gasteiger partial charge in [0.1, 0.15) is 5.60 Å². The molecule has 6 nitrogen and oxygen atoms in total. The van der Waals surface area contributed by atoms with E-state index in [0.29, 0.717) is 5.56 Å². The Morgan fingerprint density at radius 1 is 1.36 bits per heavy atom. The Labute approximate surface area is 128 Å². The van der Waals surface area contributed by atoms with E-state index in [2.05, 4.69) is 5.32 Å². The van der Waals surface area contributed by atoms with Crippen molar-refractivity contribution in [3.8, 4) is 5.75 Å². The number of carbonyl (C=O) groups excluding carboxylic acids is 1. The number of hydrogen-bond donors (Lipinski definition) is 2. The first-order valence-electron chi connectivity index (χ1n) is 6.67. The molecule has 1 rings (SSSR count). The van der Waals surface area contributed by atoms with E-state index in [-0.39, 0.29) is 5.75 Å². The normalized spacial score (nSPS) is 12.4. The first kappa shape index (κ1) is 17.7. The average Bonchev–Trinajstić information content (AvgIpc) is 2.35. The maximum absolute atomic E-state index is 13.7. The number of rotatable bonds is 5. The van der Waals surface area contributed by atoms with Crippen LogP contribution >= 0.6 is 0 Å². The van der Waals surface area contributed by atoms with Gasteiger partial charge >= 0.3 is 12.1 Å². The van der Waals surface area contributed by atoms with E-state index in [4.69, 9.17) is 14.6 Å². The fraction of sp³-hybridized carbons (Fsp3) is 0.467. The fourth-order valence-electron chi connectivity index (χ4n) is 1.78. The summed E-state index contributed by atoms with van der Waals surface area (Å²) in [7, 11) is 1.33. The number of carboxylic acids is 1. The van der Waals surface area contributed by atoms with E-state index in [1.54, 1.807) is 20.8 Å². The average molecular weight is 313 g/mol. The third kappa shape index (κ3) is 5.59. The molecular weight excluding hydrogens is 293 g/mol. The lowest BCUT2D eigenvalue weighted by Gasteiger charge is -2.23. The van der Waals surface area contributed by atoms with Crippen LogP contribution in [0.25, 0.3) is 0 Å². The van der Waals surface area contributed by atoms with Gasteiger partial charge < -0.3 is 19.9 Å². The van der Waals surface area contributed by atoms with Crippen LogP contribution in [0.1, 0.15) is 38.8 Å². The summed E-state index contributed by atoms with van der Waals surface area (Å²) >= 11 is 0. The number of hydrogen-bond acceptors (Lipinski definition) is 4. The molecule has 2 N–H and O–H groups in total. The molecule has 0 aliphatic carbocycles. The number of amides is 1. The highest BCUT2D eigenvalue weighted by atomic mass is 19.1. The van der Waals surface area contributed by atoms with Crippen molar-refractivity contribution in [3.05, 3.63) is 29.6 Å². The van der Waals surface area contributed by atoms with E-state index in [9.17, 15) is 14.0 Å². The monoisotopic (exact) mass is 313 g/mol. The summed E-state index contributed by atoms with van der Waals surface area (Å²) in [6.07, 6.45) is -1.17. The number of alkyl carbamates (subject to hydrolysis) is 1. The molecule has 0 fully saturated rings. The standard InChI is InChI=1S/C15H20FNO5/c1-15(2,3)22-14(20)17-11(8-13(18)19)9-5-6-12(21-4)10(16)7-9/h5-7,11H,8H2,1-4H3,(H,17,20)(H,18,19)/t11-/m1/s1. The van der Waals surface area contributed by atoms with E-state index in [1.165, 1.54) is 19.2 Å². The van der Waals surface area contributed by atoms with E-state index < -0.39 is 35.9 Å². The fourth-order valence-corrected chi connectivity index (χ4v) is 1.78. The predicted octanol–water partition coefficient (Wildman–Crippen LogP) is 2.87. The van der Waals surface area contributed by atoms with Crippen molar-refractivity contribution >= 4 is 12.1 Å². The lowest BCUT2D eigenvalue weighted by atomic mass is 10.0. The molecule has 1 amide bonds. The molecule has 0 bridgehead atoms. The summed E-state index contributed by atoms with van der Waals surface area (Å²) in [5.41, 5.74) is -0.408. The van der Waals surface area contributed by atoms with Crippen molar-refractivity contribution in [1.29, 1.82) is 0 Å². The molecule has 0 heterocycles. The number of halogens is 1. The summed E-state index contributed by atoms with van der Waals surface area (Å²) in [5, 5.41) is 11.4. The Kier molecular flexibility index (Phi) is 5.73. The molecule has 0 saturated carbocycles. The Morgan fingerprint density at radius 2 is 2.00 bits per heavy atom. The van der Waals surface area contributed by atoms with Gasteiger partial charge in [0.25, 0.3) is 0 Å². The molecule has 0 spiro atoms. The summed E-state index contributed by atoms with van der Waals surface area (Å²) in [4.78, 5) is 22.7. The molecule has 0 aliphatic rings. The van der Waals surface area contributed by atoms with Crippen molar-refractivity contribution in [3.63, 3.8) is 0 Å². The van der Waals surface area contributed by atoms with Crippen LogP contribution in [-0.2, 0) is 9.53 Å². The van der Waals surface area contributed by atoms with Gasteiger partial charge in [0.15, 0.2) is 11.6 Å². The van der Waals surface area contributed by atoms with Crippen molar-refractivity contribution in [2.45, 2.75) is 38.8 Å². The van der Waals surface area contributed by atoms with E-state index in [1.807, 2.05) is 0 Å². The lowest BCUT2D eigenvalue weighted by Crippen LogP contribution is -2.35. The number of methoxy groups -OCH3 is 1. The highest BCUT2D eigenvalue weighted by molar-refractivity contribution is 5.72. The molecule has 1 aromatic carbocycles. The van der Waals surface area contributed by atoms with Crippen LogP contribution in [0.2, 0.25) is 0 Å². The van der Waals surface area contributed by atoms with Gasteiger partial charge in [-0.25, -0.2) is 9.18 Å². The van der Waals surface area contributed by atoms with Crippen molar-refractivity contribution in [2.75, 3.05) is 7.11 Å². The summed E-state index contributed by atoms with van der Waals surface area (Å²) < 4.78 is 23.6. The molecule has 122 valence electrons. The Balaban J connectivity index is 2.95. The number of benzene rings is 1. The van der Waals surface area contributed by atoms with Crippen molar-refractivity contribution < 1.29 is 28.6 Å². The van der Waals surface area contributed by atoms with Crippen LogP contribution in [0.5, 0.6) is 5.75 Å². The molecule has 0 aliphatic heterocycles. The highest BCUT2D eigenvalue weighted by Gasteiger charge is 2.23. The highest BCUT2D eigenvalue weighted by Crippen LogP contribution is 2.24. The quantitative estimate of drug-likeness (QED) is 0.873. The minimum absolute atomic E-state index is 0.0371. The molecule has 0 saturated heterocycles. The first-order chi connectivity index (χ1) is 10.1. The third-order valence-corrected chi connectivity index (χ3v) is 2.65. The van der Waals surface area contributed by atoms with Crippen LogP contribution in [0, 0.1) is 5.82 Å². The van der Waals surface area contributed by atoms with Gasteiger partial charge in [-0.15, -0.1) is 0 Å². The van der Waals surface area contributed by atoms with Gasteiger partial charge in [0.05, 0.1) is 19.6 Å². The predicted molar refractivity (Wildman–Crippen MR) is 77.3 cm³/mol. The van der Waals surface area contributed by atoms with Gasteiger partial charge in [-0.1, -0.05) is 6.07 Å². The second-order valence-electron chi connectivity index (χ2n) is 5.69. The van der Waals surface area contributed by atoms with E-state index >= 15 is 0 Å². The molecule has 1 atom stereocenters. The maximum Gasteiger partial charge on any atom is 0.408 e. The van der Waals surface area contributed by atoms with Crippen LogP contribution in [-0.4, -0.2) is 29.9 Å². The van der Waals surface area contributed by atoms with Gasteiger partial charge in [-0.05, 0) is 38.5 Å². The van der Waals surface area contributed by atoms with Gasteiger partial charge in [-0.3, -0.25) is 4.79 Å². The molecule has 0 radical (unpaired) electrons. The minimum Gasteiger partial charge on any atom is -0.494 e. The van der Waals surface area contributed by atoms with Gasteiger partial charge in [-0.2, -0.15) is 0 Å². The van der Waals surface area contributed by atoms with Gasteiger partial charge in [0, 0.05) is 0 Å². The van der Waals surface area contributed by atoms with Crippen LogP contribution < -0.4 is 10.1 Å². The van der Waals surface area contributed by atoms with Crippen molar-refractivity contribution in [2.24, 2.45) is 0 Å². The smallest absolute Gasteiger partial charge is 0.408 e. The molecule has 0 unspecified atom stereocenters. The second kappa shape index (κ2) is 7.11. The number of carbonyl (C=O) groups is 2. The van der Waals surface area contributed by atoms with Crippen LogP contribution in [0.4, 0.5) is 9.18 Å². The molecule has 1 aromatic rings. The molecule has 22 heavy (non-hydrogen) atoms. The Hall–Kier alpha value is -2.31. The van der Waals surface area contributed by atoms with Crippen LogP contribution in [0.15, 0.2) is 18.2 Å². The molecule has 7 heteroatoms. The summed E-state index contributed by atoms with van der Waals surface area (Å²) in [5.74, 6) is -1.73. The minimum atomic E-state index is -1.13. The third-order valence-electron chi connectivity index (χ3n) is 2.65. The Morgan fingerprint density at radius 3 is 2.45 bits per heavy atom. The number of aliphatic carboxylic acids is 1. The zero-order chi connectivity index (χ0) is 16.9. The summed E-state index contributed by atoms with van der Waals surface area (Å²) in [6, 6.07) is 3.08.